The molecule has 1 aliphatic heterocycles. The number of rotatable bonds is 4. The highest BCUT2D eigenvalue weighted by Crippen LogP contribution is 2.48. The van der Waals surface area contributed by atoms with E-state index in [2.05, 4.69) is 5.32 Å². The number of hydrogen-bond acceptors (Lipinski definition) is 4. The Hall–Kier alpha value is -1.89. The van der Waals surface area contributed by atoms with Gasteiger partial charge in [0.1, 0.15) is 5.41 Å². The molecule has 2 aliphatic rings. The van der Waals surface area contributed by atoms with Gasteiger partial charge < -0.3 is 10.2 Å². The molecule has 1 atom stereocenters. The van der Waals surface area contributed by atoms with Crippen molar-refractivity contribution in [1.29, 1.82) is 0 Å². The molecular formula is C18H24N2O4S. The SMILES string of the molecule is Cc1ccc(C)c(NC(=O)C2(C(=O)N(C)C3CCS(=O)(=O)C3)CC2)c1. The van der Waals surface area contributed by atoms with Crippen LogP contribution in [0.2, 0.25) is 0 Å². The second-order valence-corrected chi connectivity index (χ2v) is 9.56. The number of nitrogens with zero attached hydrogens (tertiary/aromatic N) is 1. The van der Waals surface area contributed by atoms with E-state index in [-0.39, 0.29) is 29.4 Å². The van der Waals surface area contributed by atoms with Crippen LogP contribution in [0.5, 0.6) is 0 Å². The number of anilines is 1. The van der Waals surface area contributed by atoms with Crippen LogP contribution in [-0.4, -0.2) is 49.7 Å². The van der Waals surface area contributed by atoms with E-state index in [1.807, 2.05) is 32.0 Å². The Bertz CT molecular complexity index is 827. The van der Waals surface area contributed by atoms with Gasteiger partial charge >= 0.3 is 0 Å². The fourth-order valence-electron chi connectivity index (χ4n) is 3.36. The summed E-state index contributed by atoms with van der Waals surface area (Å²) in [5.41, 5.74) is 1.65. The maximum absolute atomic E-state index is 12.9. The van der Waals surface area contributed by atoms with Crippen molar-refractivity contribution in [2.75, 3.05) is 23.9 Å². The van der Waals surface area contributed by atoms with Crippen LogP contribution in [0, 0.1) is 19.3 Å². The molecule has 1 N–H and O–H groups in total. The number of amides is 2. The molecule has 1 aromatic carbocycles. The number of sulfone groups is 1. The van der Waals surface area contributed by atoms with Gasteiger partial charge in [0.25, 0.3) is 0 Å². The predicted molar refractivity (Wildman–Crippen MR) is 96.0 cm³/mol. The molecule has 3 rings (SSSR count). The standard InChI is InChI=1S/C18H24N2O4S/c1-12-4-5-13(2)15(10-12)19-16(21)18(7-8-18)17(22)20(3)14-6-9-25(23,24)11-14/h4-5,10,14H,6-9,11H2,1-3H3,(H,19,21). The van der Waals surface area contributed by atoms with Crippen LogP contribution in [0.1, 0.15) is 30.4 Å². The average molecular weight is 364 g/mol. The fourth-order valence-corrected chi connectivity index (χ4v) is 5.13. The molecule has 2 fully saturated rings. The van der Waals surface area contributed by atoms with Gasteiger partial charge in [-0.25, -0.2) is 8.42 Å². The summed E-state index contributed by atoms with van der Waals surface area (Å²) in [6.45, 7) is 3.85. The molecule has 1 aliphatic carbocycles. The minimum absolute atomic E-state index is 0.00999. The zero-order valence-electron chi connectivity index (χ0n) is 14.8. The predicted octanol–water partition coefficient (Wildman–Crippen LogP) is 1.67. The summed E-state index contributed by atoms with van der Waals surface area (Å²) in [6, 6.07) is 5.46. The van der Waals surface area contributed by atoms with Gasteiger partial charge in [-0.05, 0) is 50.3 Å². The van der Waals surface area contributed by atoms with Gasteiger partial charge in [0, 0.05) is 18.8 Å². The van der Waals surface area contributed by atoms with E-state index in [1.165, 1.54) is 4.90 Å². The third kappa shape index (κ3) is 3.42. The summed E-state index contributed by atoms with van der Waals surface area (Å²) in [7, 11) is -1.46. The molecule has 0 radical (unpaired) electrons. The van der Waals surface area contributed by atoms with Crippen molar-refractivity contribution < 1.29 is 18.0 Å². The lowest BCUT2D eigenvalue weighted by Crippen LogP contribution is -2.46. The van der Waals surface area contributed by atoms with Gasteiger partial charge in [-0.1, -0.05) is 12.1 Å². The van der Waals surface area contributed by atoms with Crippen molar-refractivity contribution in [3.8, 4) is 0 Å². The summed E-state index contributed by atoms with van der Waals surface area (Å²) in [6.07, 6.45) is 1.46. The average Bonchev–Trinajstić information content (AvgIpc) is 3.28. The number of aryl methyl sites for hydroxylation is 2. The maximum atomic E-state index is 12.9. The lowest BCUT2D eigenvalue weighted by atomic mass is 10.0. The van der Waals surface area contributed by atoms with Crippen molar-refractivity contribution in [3.05, 3.63) is 29.3 Å². The lowest BCUT2D eigenvalue weighted by molar-refractivity contribution is -0.142. The monoisotopic (exact) mass is 364 g/mol. The summed E-state index contributed by atoms with van der Waals surface area (Å²) < 4.78 is 23.3. The van der Waals surface area contributed by atoms with Gasteiger partial charge in [-0.3, -0.25) is 9.59 Å². The Kier molecular flexibility index (Phi) is 4.39. The first-order valence-electron chi connectivity index (χ1n) is 8.51. The van der Waals surface area contributed by atoms with Gasteiger partial charge in [0.2, 0.25) is 11.8 Å². The Morgan fingerprint density at radius 3 is 2.48 bits per heavy atom. The maximum Gasteiger partial charge on any atom is 0.240 e. The first-order chi connectivity index (χ1) is 11.6. The highest BCUT2D eigenvalue weighted by atomic mass is 32.2. The molecular weight excluding hydrogens is 340 g/mol. The van der Waals surface area contributed by atoms with Crippen molar-refractivity contribution in [2.45, 2.75) is 39.2 Å². The fraction of sp³-hybridized carbons (Fsp3) is 0.556. The second-order valence-electron chi connectivity index (χ2n) is 7.33. The Morgan fingerprint density at radius 1 is 1.24 bits per heavy atom. The van der Waals surface area contributed by atoms with Crippen molar-refractivity contribution >= 4 is 27.3 Å². The molecule has 2 amide bonds. The Balaban J connectivity index is 1.74. The highest BCUT2D eigenvalue weighted by Gasteiger charge is 2.58. The van der Waals surface area contributed by atoms with Crippen LogP contribution in [0.4, 0.5) is 5.69 Å². The van der Waals surface area contributed by atoms with E-state index in [0.717, 1.165) is 16.8 Å². The van der Waals surface area contributed by atoms with Crippen molar-refractivity contribution in [2.24, 2.45) is 5.41 Å². The van der Waals surface area contributed by atoms with Crippen LogP contribution in [0.25, 0.3) is 0 Å². The number of nitrogens with one attached hydrogen (secondary N) is 1. The van der Waals surface area contributed by atoms with Crippen LogP contribution < -0.4 is 5.32 Å². The first kappa shape index (κ1) is 17.9. The van der Waals surface area contributed by atoms with E-state index in [9.17, 15) is 18.0 Å². The quantitative estimate of drug-likeness (QED) is 0.824. The first-order valence-corrected chi connectivity index (χ1v) is 10.3. The normalized spacial score (nSPS) is 23.1. The van der Waals surface area contributed by atoms with Crippen molar-refractivity contribution in [3.63, 3.8) is 0 Å². The topological polar surface area (TPSA) is 83.6 Å². The third-order valence-corrected chi connectivity index (χ3v) is 7.06. The molecule has 0 spiro atoms. The van der Waals surface area contributed by atoms with Crippen LogP contribution in [0.15, 0.2) is 18.2 Å². The molecule has 1 saturated carbocycles. The van der Waals surface area contributed by atoms with E-state index < -0.39 is 15.3 Å². The molecule has 136 valence electrons. The zero-order valence-corrected chi connectivity index (χ0v) is 15.6. The second kappa shape index (κ2) is 6.12. The van der Waals surface area contributed by atoms with E-state index >= 15 is 0 Å². The number of hydrogen-bond donors (Lipinski definition) is 1. The molecule has 6 nitrogen and oxygen atoms in total. The van der Waals surface area contributed by atoms with E-state index in [0.29, 0.717) is 19.3 Å². The largest absolute Gasteiger partial charge is 0.341 e. The third-order valence-electron chi connectivity index (χ3n) is 5.31. The smallest absolute Gasteiger partial charge is 0.240 e. The summed E-state index contributed by atoms with van der Waals surface area (Å²) in [5, 5.41) is 2.89. The van der Waals surface area contributed by atoms with Crippen molar-refractivity contribution in [1.82, 2.24) is 4.90 Å². The summed E-state index contributed by atoms with van der Waals surface area (Å²) >= 11 is 0. The Labute approximate surface area is 148 Å². The van der Waals surface area contributed by atoms with E-state index in [4.69, 9.17) is 0 Å². The van der Waals surface area contributed by atoms with Gasteiger partial charge in [0.15, 0.2) is 9.84 Å². The molecule has 1 heterocycles. The van der Waals surface area contributed by atoms with E-state index in [1.54, 1.807) is 7.05 Å². The summed E-state index contributed by atoms with van der Waals surface area (Å²) in [4.78, 5) is 27.1. The van der Waals surface area contributed by atoms with Gasteiger partial charge in [0.05, 0.1) is 11.5 Å². The lowest BCUT2D eigenvalue weighted by Gasteiger charge is -2.27. The minimum Gasteiger partial charge on any atom is -0.341 e. The minimum atomic E-state index is -3.07. The Morgan fingerprint density at radius 2 is 1.92 bits per heavy atom. The molecule has 1 unspecified atom stereocenters. The molecule has 7 heteroatoms. The molecule has 0 aromatic heterocycles. The van der Waals surface area contributed by atoms with Crippen LogP contribution >= 0.6 is 0 Å². The number of carbonyl (C=O) groups excluding carboxylic acids is 2. The number of carbonyl (C=O) groups is 2. The molecule has 0 bridgehead atoms. The number of benzene rings is 1. The van der Waals surface area contributed by atoms with Crippen LogP contribution in [0.3, 0.4) is 0 Å². The van der Waals surface area contributed by atoms with Gasteiger partial charge in [-0.2, -0.15) is 0 Å². The molecule has 25 heavy (non-hydrogen) atoms. The summed E-state index contributed by atoms with van der Waals surface area (Å²) in [5.74, 6) is -0.461. The molecule has 1 aromatic rings. The molecule has 1 saturated heterocycles. The highest BCUT2D eigenvalue weighted by molar-refractivity contribution is 7.91. The zero-order chi connectivity index (χ0) is 18.4. The van der Waals surface area contributed by atoms with Gasteiger partial charge in [-0.15, -0.1) is 0 Å². The van der Waals surface area contributed by atoms with Crippen LogP contribution in [-0.2, 0) is 19.4 Å².